The number of rotatable bonds is 9. The minimum Gasteiger partial charge on any atom is -0.492 e. The fourth-order valence-corrected chi connectivity index (χ4v) is 1.38. The molecule has 5 nitrogen and oxygen atoms in total. The Morgan fingerprint density at radius 1 is 1.11 bits per heavy atom. The van der Waals surface area contributed by atoms with Crippen molar-refractivity contribution in [3.8, 4) is 5.75 Å². The highest BCUT2D eigenvalue weighted by atomic mass is 16.5. The molecule has 1 rings (SSSR count). The Kier molecular flexibility index (Phi) is 7.17. The quantitative estimate of drug-likeness (QED) is 0.498. The van der Waals surface area contributed by atoms with E-state index in [4.69, 9.17) is 20.3 Å². The van der Waals surface area contributed by atoms with Gasteiger partial charge in [0.1, 0.15) is 12.4 Å². The number of likely N-dealkylation sites (N-methyl/N-ethyl adjacent to an activating group) is 1. The minimum atomic E-state index is 0.0734. The smallest absolute Gasteiger partial charge is 0.119 e. The fourth-order valence-electron chi connectivity index (χ4n) is 1.38. The van der Waals surface area contributed by atoms with Gasteiger partial charge in [0.25, 0.3) is 0 Å². The molecule has 0 amide bonds. The molecule has 1 aromatic rings. The molecule has 0 heterocycles. The summed E-state index contributed by atoms with van der Waals surface area (Å²) in [6.07, 6.45) is 0. The number of hydrogen-bond acceptors (Lipinski definition) is 5. The maximum Gasteiger partial charge on any atom is 0.119 e. The van der Waals surface area contributed by atoms with Crippen LogP contribution in [-0.2, 0) is 4.74 Å². The van der Waals surface area contributed by atoms with Gasteiger partial charge >= 0.3 is 0 Å². The molecule has 0 saturated carbocycles. The summed E-state index contributed by atoms with van der Waals surface area (Å²) in [4.78, 5) is 2.12. The van der Waals surface area contributed by atoms with Crippen molar-refractivity contribution in [3.05, 3.63) is 24.3 Å². The van der Waals surface area contributed by atoms with Crippen LogP contribution >= 0.6 is 0 Å². The third-order valence-corrected chi connectivity index (χ3v) is 2.47. The topological polar surface area (TPSA) is 68.0 Å². The molecule has 0 aliphatic heterocycles. The van der Waals surface area contributed by atoms with Crippen LogP contribution in [0.25, 0.3) is 0 Å². The largest absolute Gasteiger partial charge is 0.492 e. The van der Waals surface area contributed by atoms with Crippen LogP contribution in [0.3, 0.4) is 0 Å². The fraction of sp³-hybridized carbons (Fsp3) is 0.538. The summed E-state index contributed by atoms with van der Waals surface area (Å²) in [6, 6.07) is 7.36. The molecule has 0 aliphatic rings. The van der Waals surface area contributed by atoms with Crippen molar-refractivity contribution in [1.29, 1.82) is 0 Å². The van der Waals surface area contributed by atoms with Crippen LogP contribution in [0.15, 0.2) is 24.3 Å². The van der Waals surface area contributed by atoms with Crippen LogP contribution in [0, 0.1) is 0 Å². The summed E-state index contributed by atoms with van der Waals surface area (Å²) in [7, 11) is 2.01. The Hall–Kier alpha value is -1.30. The van der Waals surface area contributed by atoms with Crippen LogP contribution in [0.2, 0.25) is 0 Å². The summed E-state index contributed by atoms with van der Waals surface area (Å²) in [5.41, 5.74) is 6.32. The molecule has 1 aromatic carbocycles. The predicted molar refractivity (Wildman–Crippen MR) is 71.8 cm³/mol. The number of aliphatic hydroxyl groups excluding tert-OH is 1. The minimum absolute atomic E-state index is 0.0734. The van der Waals surface area contributed by atoms with E-state index in [0.717, 1.165) is 24.5 Å². The van der Waals surface area contributed by atoms with Crippen molar-refractivity contribution in [1.82, 2.24) is 4.90 Å². The van der Waals surface area contributed by atoms with Gasteiger partial charge in [0.15, 0.2) is 0 Å². The van der Waals surface area contributed by atoms with Gasteiger partial charge < -0.3 is 25.2 Å². The standard InChI is InChI=1S/C13H22N2O3/c1-15(6-9-17-11-8-16)7-10-18-13-4-2-12(14)3-5-13/h2-5,16H,6-11,14H2,1H3. The van der Waals surface area contributed by atoms with E-state index in [1.54, 1.807) is 0 Å². The molecule has 0 atom stereocenters. The van der Waals surface area contributed by atoms with Crippen molar-refractivity contribution in [2.45, 2.75) is 0 Å². The zero-order valence-corrected chi connectivity index (χ0v) is 10.8. The van der Waals surface area contributed by atoms with Crippen molar-refractivity contribution in [2.75, 3.05) is 52.3 Å². The van der Waals surface area contributed by atoms with E-state index < -0.39 is 0 Å². The lowest BCUT2D eigenvalue weighted by atomic mass is 10.3. The second-order valence-electron chi connectivity index (χ2n) is 4.06. The van der Waals surface area contributed by atoms with Gasteiger partial charge in [-0.2, -0.15) is 0 Å². The highest BCUT2D eigenvalue weighted by Crippen LogP contribution is 2.12. The first kappa shape index (κ1) is 14.8. The zero-order chi connectivity index (χ0) is 13.2. The molecule has 102 valence electrons. The lowest BCUT2D eigenvalue weighted by Gasteiger charge is -2.16. The van der Waals surface area contributed by atoms with Crippen LogP contribution in [-0.4, -0.2) is 56.6 Å². The predicted octanol–water partition coefficient (Wildman–Crippen LogP) is 0.588. The van der Waals surface area contributed by atoms with Gasteiger partial charge in [0.2, 0.25) is 0 Å². The number of anilines is 1. The Morgan fingerprint density at radius 3 is 2.44 bits per heavy atom. The molecule has 0 bridgehead atoms. The van der Waals surface area contributed by atoms with E-state index >= 15 is 0 Å². The molecule has 0 aromatic heterocycles. The Labute approximate surface area is 108 Å². The van der Waals surface area contributed by atoms with E-state index in [1.807, 2.05) is 31.3 Å². The number of nitrogen functional groups attached to an aromatic ring is 1. The lowest BCUT2D eigenvalue weighted by molar-refractivity contribution is 0.0760. The Bertz CT molecular complexity index is 317. The van der Waals surface area contributed by atoms with Gasteiger partial charge in [-0.15, -0.1) is 0 Å². The lowest BCUT2D eigenvalue weighted by Crippen LogP contribution is -2.28. The molecule has 0 radical (unpaired) electrons. The maximum absolute atomic E-state index is 8.55. The van der Waals surface area contributed by atoms with Crippen molar-refractivity contribution in [2.24, 2.45) is 0 Å². The van der Waals surface area contributed by atoms with Gasteiger partial charge in [-0.3, -0.25) is 0 Å². The van der Waals surface area contributed by atoms with E-state index in [9.17, 15) is 0 Å². The molecule has 0 unspecified atom stereocenters. The van der Waals surface area contributed by atoms with Crippen LogP contribution < -0.4 is 10.5 Å². The third-order valence-electron chi connectivity index (χ3n) is 2.47. The number of nitrogens with two attached hydrogens (primary N) is 1. The zero-order valence-electron chi connectivity index (χ0n) is 10.8. The van der Waals surface area contributed by atoms with E-state index in [-0.39, 0.29) is 6.61 Å². The Balaban J connectivity index is 2.07. The highest BCUT2D eigenvalue weighted by Gasteiger charge is 1.99. The second-order valence-corrected chi connectivity index (χ2v) is 4.06. The monoisotopic (exact) mass is 254 g/mol. The van der Waals surface area contributed by atoms with Crippen molar-refractivity contribution in [3.63, 3.8) is 0 Å². The first-order valence-electron chi connectivity index (χ1n) is 6.08. The second kappa shape index (κ2) is 8.74. The molecule has 3 N–H and O–H groups in total. The molecule has 0 saturated heterocycles. The van der Waals surface area contributed by atoms with Gasteiger partial charge in [-0.05, 0) is 31.3 Å². The maximum atomic E-state index is 8.55. The van der Waals surface area contributed by atoms with Crippen molar-refractivity contribution >= 4 is 5.69 Å². The molecular formula is C13H22N2O3. The molecule has 18 heavy (non-hydrogen) atoms. The van der Waals surface area contributed by atoms with Gasteiger partial charge in [-0.1, -0.05) is 0 Å². The number of ether oxygens (including phenoxy) is 2. The molecule has 5 heteroatoms. The third kappa shape index (κ3) is 6.44. The van der Waals surface area contributed by atoms with Crippen molar-refractivity contribution < 1.29 is 14.6 Å². The van der Waals surface area contributed by atoms with Crippen LogP contribution in [0.1, 0.15) is 0 Å². The van der Waals surface area contributed by atoms with E-state index in [0.29, 0.717) is 19.8 Å². The average molecular weight is 254 g/mol. The van der Waals surface area contributed by atoms with Crippen LogP contribution in [0.4, 0.5) is 5.69 Å². The SMILES string of the molecule is CN(CCOCCO)CCOc1ccc(N)cc1. The summed E-state index contributed by atoms with van der Waals surface area (Å²) in [5, 5.41) is 8.55. The Morgan fingerprint density at radius 2 is 1.78 bits per heavy atom. The molecule has 0 fully saturated rings. The summed E-state index contributed by atoms with van der Waals surface area (Å²) >= 11 is 0. The molecule has 0 spiro atoms. The summed E-state index contributed by atoms with van der Waals surface area (Å²) < 4.78 is 10.8. The number of nitrogens with zero attached hydrogens (tertiary/aromatic N) is 1. The highest BCUT2D eigenvalue weighted by molar-refractivity contribution is 5.41. The van der Waals surface area contributed by atoms with E-state index in [1.165, 1.54) is 0 Å². The molecular weight excluding hydrogens is 232 g/mol. The summed E-state index contributed by atoms with van der Waals surface area (Å²) in [5.74, 6) is 0.828. The van der Waals surface area contributed by atoms with E-state index in [2.05, 4.69) is 4.90 Å². The van der Waals surface area contributed by atoms with Gasteiger partial charge in [0, 0.05) is 18.8 Å². The van der Waals surface area contributed by atoms with Gasteiger partial charge in [-0.25, -0.2) is 0 Å². The first-order chi connectivity index (χ1) is 8.72. The normalized spacial score (nSPS) is 10.8. The summed E-state index contributed by atoms with van der Waals surface area (Å²) in [6.45, 7) is 3.37. The number of hydrogen-bond donors (Lipinski definition) is 2. The van der Waals surface area contributed by atoms with Gasteiger partial charge in [0.05, 0.1) is 19.8 Å². The first-order valence-corrected chi connectivity index (χ1v) is 6.08. The van der Waals surface area contributed by atoms with Crippen LogP contribution in [0.5, 0.6) is 5.75 Å². The average Bonchev–Trinajstić information content (AvgIpc) is 2.37. The number of aliphatic hydroxyl groups is 1. The number of benzene rings is 1. The molecule has 0 aliphatic carbocycles.